The number of piperidine rings is 2. The van der Waals surface area contributed by atoms with Gasteiger partial charge >= 0.3 is 10.2 Å². The van der Waals surface area contributed by atoms with E-state index in [0.29, 0.717) is 59.0 Å². The molecule has 3 N–H and O–H groups in total. The van der Waals surface area contributed by atoms with E-state index in [1.54, 1.807) is 17.2 Å². The van der Waals surface area contributed by atoms with Crippen LogP contribution in [-0.2, 0) is 26.3 Å². The number of H-pyrrole nitrogens is 1. The van der Waals surface area contributed by atoms with Gasteiger partial charge in [0.25, 0.3) is 5.91 Å². The summed E-state index contributed by atoms with van der Waals surface area (Å²) in [7, 11) is -4.36. The van der Waals surface area contributed by atoms with E-state index in [1.165, 1.54) is 18.2 Å². The lowest BCUT2D eigenvalue weighted by molar-refractivity contribution is -0.136. The number of aromatic nitrogens is 2. The number of carbonyl (C=O) groups is 4. The Bertz CT molecular complexity index is 2960. The molecule has 0 spiro atoms. The van der Waals surface area contributed by atoms with Crippen LogP contribution in [0.3, 0.4) is 0 Å². The first-order chi connectivity index (χ1) is 32.3. The second kappa shape index (κ2) is 16.9. The molecule has 1 aliphatic carbocycles. The van der Waals surface area contributed by atoms with Gasteiger partial charge < -0.3 is 14.8 Å². The van der Waals surface area contributed by atoms with Crippen molar-refractivity contribution in [3.8, 4) is 11.1 Å². The third-order valence-electron chi connectivity index (χ3n) is 15.0. The molecule has 5 aromatic rings. The van der Waals surface area contributed by atoms with E-state index in [-0.39, 0.29) is 43.3 Å². The number of nitrogens with one attached hydrogen (secondary N) is 3. The molecule has 7 heterocycles. The van der Waals surface area contributed by atoms with Gasteiger partial charge in [-0.25, -0.2) is 18.2 Å². The fraction of sp³-hybridized carbons (Fsp3) is 0.408. The minimum absolute atomic E-state index is 0.00511. The number of hydrogen-bond acceptors (Lipinski definition) is 9. The van der Waals surface area contributed by atoms with Crippen molar-refractivity contribution in [1.29, 1.82) is 0 Å². The van der Waals surface area contributed by atoms with Gasteiger partial charge in [-0.1, -0.05) is 24.3 Å². The summed E-state index contributed by atoms with van der Waals surface area (Å²) < 4.78 is 73.3. The van der Waals surface area contributed by atoms with E-state index in [0.717, 1.165) is 78.6 Å². The van der Waals surface area contributed by atoms with Crippen LogP contribution in [0.25, 0.3) is 22.2 Å². The van der Waals surface area contributed by atoms with Crippen LogP contribution in [0.2, 0.25) is 0 Å². The predicted molar refractivity (Wildman–Crippen MR) is 243 cm³/mol. The summed E-state index contributed by atoms with van der Waals surface area (Å²) in [5.41, 5.74) is 4.21. The van der Waals surface area contributed by atoms with E-state index in [4.69, 9.17) is 0 Å². The number of carbonyl (C=O) groups excluding carboxylic acids is 4. The molecule has 2 aromatic heterocycles. The number of aromatic amines is 1. The molecule has 6 aliphatic rings. The summed E-state index contributed by atoms with van der Waals surface area (Å²) in [6.07, 6.45) is 7.72. The zero-order valence-corrected chi connectivity index (χ0v) is 37.3. The number of likely N-dealkylation sites (tertiary alicyclic amines) is 1. The van der Waals surface area contributed by atoms with Gasteiger partial charge in [-0.2, -0.15) is 12.7 Å². The molecule has 14 nitrogen and oxygen atoms in total. The van der Waals surface area contributed by atoms with Gasteiger partial charge in [-0.15, -0.1) is 0 Å². The second-order valence-corrected chi connectivity index (χ2v) is 20.7. The van der Waals surface area contributed by atoms with Crippen LogP contribution in [0.4, 0.5) is 24.5 Å². The van der Waals surface area contributed by atoms with E-state index in [2.05, 4.69) is 48.0 Å². The molecular formula is C49H49F3N8O6S. The summed E-state index contributed by atoms with van der Waals surface area (Å²) >= 11 is 0. The van der Waals surface area contributed by atoms with Crippen LogP contribution >= 0.6 is 0 Å². The van der Waals surface area contributed by atoms with E-state index >= 15 is 8.78 Å². The summed E-state index contributed by atoms with van der Waals surface area (Å²) in [4.78, 5) is 65.5. The highest BCUT2D eigenvalue weighted by Gasteiger charge is 2.44. The number of anilines is 2. The van der Waals surface area contributed by atoms with Gasteiger partial charge in [0.2, 0.25) is 17.6 Å². The molecular weight excluding hydrogens is 886 g/mol. The van der Waals surface area contributed by atoms with Crippen molar-refractivity contribution < 1.29 is 40.8 Å². The first-order valence-corrected chi connectivity index (χ1v) is 24.5. The number of rotatable bonds is 10. The Kier molecular flexibility index (Phi) is 11.0. The topological polar surface area (TPSA) is 168 Å². The third-order valence-corrected chi connectivity index (χ3v) is 16.5. The highest BCUT2D eigenvalue weighted by molar-refractivity contribution is 7.90. The molecule has 67 heavy (non-hydrogen) atoms. The molecule has 2 bridgehead atoms. The number of fused-ring (bicyclic) bond motifs is 4. The highest BCUT2D eigenvalue weighted by atomic mass is 32.2. The number of benzene rings is 3. The molecule has 0 radical (unpaired) electrons. The Labute approximate surface area is 385 Å². The van der Waals surface area contributed by atoms with Crippen molar-refractivity contribution in [1.82, 2.24) is 29.4 Å². The zero-order chi connectivity index (χ0) is 46.3. The Hall–Kier alpha value is -6.11. The van der Waals surface area contributed by atoms with Crippen LogP contribution in [0.5, 0.6) is 0 Å². The summed E-state index contributed by atoms with van der Waals surface area (Å²) in [5.74, 6) is -3.37. The zero-order valence-electron chi connectivity index (χ0n) is 36.5. The molecule has 5 aliphatic heterocycles. The number of halogens is 3. The van der Waals surface area contributed by atoms with Crippen molar-refractivity contribution in [3.63, 3.8) is 0 Å². The van der Waals surface area contributed by atoms with E-state index < -0.39 is 57.0 Å². The lowest BCUT2D eigenvalue weighted by Gasteiger charge is -2.40. The van der Waals surface area contributed by atoms with Crippen molar-refractivity contribution in [2.75, 3.05) is 42.3 Å². The second-order valence-electron chi connectivity index (χ2n) is 19.0. The van der Waals surface area contributed by atoms with Crippen LogP contribution in [0.1, 0.15) is 94.7 Å². The van der Waals surface area contributed by atoms with Crippen molar-refractivity contribution in [2.24, 2.45) is 5.92 Å². The smallest absolute Gasteiger partial charge is 0.301 e. The fourth-order valence-corrected chi connectivity index (χ4v) is 12.9. The fourth-order valence-electron chi connectivity index (χ4n) is 11.6. The number of imide groups is 1. The maximum atomic E-state index is 15.8. The average Bonchev–Trinajstić information content (AvgIpc) is 4.11. The van der Waals surface area contributed by atoms with Crippen molar-refractivity contribution >= 4 is 56.1 Å². The van der Waals surface area contributed by atoms with Crippen LogP contribution < -0.4 is 14.9 Å². The first-order valence-electron chi connectivity index (χ1n) is 23.1. The standard InChI is InChI=1S/C49H49F3N8O6S/c50-33-11-16-58(26-33)67(65,66)56-41-8-7-40(51)44(45(41)52)46(62)39-23-54-47-38(39)21-31(22-53-47)29-3-1-28(2-4-29)30-17-27-18-36(19-30)59(24-27)34-12-14-57(15-13-34)35-5-6-37-32(20-35)25-60(49(37)64)42-9-10-43(61)55-48(42)63/h1-8,20-23,27,30,33-34,36,42,56H,9-19,24-26H2,(H,53,54)(H,55,61,63)/t27-,30?,33+,36-,42?/m0/s1. The molecule has 4 saturated heterocycles. The first kappa shape index (κ1) is 43.5. The molecule has 5 atom stereocenters. The Morgan fingerprint density at radius 2 is 1.66 bits per heavy atom. The minimum Gasteiger partial charge on any atom is -0.371 e. The number of ketones is 1. The Morgan fingerprint density at radius 1 is 0.851 bits per heavy atom. The molecule has 2 unspecified atom stereocenters. The lowest BCUT2D eigenvalue weighted by Crippen LogP contribution is -2.52. The molecule has 3 amide bonds. The number of hydrogen-bond donors (Lipinski definition) is 3. The van der Waals surface area contributed by atoms with E-state index in [1.807, 2.05) is 24.3 Å². The van der Waals surface area contributed by atoms with Crippen molar-refractivity contribution in [3.05, 3.63) is 113 Å². The van der Waals surface area contributed by atoms with Gasteiger partial charge in [-0.05, 0) is 110 Å². The van der Waals surface area contributed by atoms with Gasteiger partial charge in [0.15, 0.2) is 5.82 Å². The van der Waals surface area contributed by atoms with Gasteiger partial charge in [0, 0.05) is 97.9 Å². The molecule has 5 fully saturated rings. The summed E-state index contributed by atoms with van der Waals surface area (Å²) in [6.45, 7) is 2.81. The minimum atomic E-state index is -4.36. The Morgan fingerprint density at radius 3 is 2.42 bits per heavy atom. The molecule has 11 rings (SSSR count). The maximum absolute atomic E-state index is 15.8. The molecule has 348 valence electrons. The molecule has 18 heteroatoms. The SMILES string of the molecule is O=C1CCC(N2Cc3cc(N4CCC(N5C[C@H]6CC(c7ccc(-c8cnc9[nH]cc(C(=O)c%10c(F)ccc(NS(=O)(=O)N%11CC[C@@H](F)C%11)c%10F)c9c8)cc7)C[C@@H]5C6)CC4)ccc3C2=O)C(=O)N1. The Balaban J connectivity index is 0.729. The number of pyridine rings is 1. The monoisotopic (exact) mass is 934 g/mol. The predicted octanol–water partition coefficient (Wildman–Crippen LogP) is 6.44. The summed E-state index contributed by atoms with van der Waals surface area (Å²) in [6, 6.07) is 18.2. The van der Waals surface area contributed by atoms with Crippen LogP contribution in [-0.4, -0.2) is 113 Å². The number of nitrogens with zero attached hydrogens (tertiary/aromatic N) is 5. The summed E-state index contributed by atoms with van der Waals surface area (Å²) in [5, 5.41) is 2.72. The quantitative estimate of drug-likeness (QED) is 0.106. The van der Waals surface area contributed by atoms with Crippen molar-refractivity contribution in [2.45, 2.75) is 88.1 Å². The number of alkyl halides is 1. The third kappa shape index (κ3) is 7.95. The average molecular weight is 935 g/mol. The van der Waals surface area contributed by atoms with Gasteiger partial charge in [0.1, 0.15) is 23.7 Å². The van der Waals surface area contributed by atoms with Gasteiger partial charge in [-0.3, -0.25) is 34.1 Å². The normalized spacial score (nSPS) is 25.0. The molecule has 3 aromatic carbocycles. The molecule has 1 saturated carbocycles. The highest BCUT2D eigenvalue weighted by Crippen LogP contribution is 2.46. The largest absolute Gasteiger partial charge is 0.371 e. The maximum Gasteiger partial charge on any atom is 0.301 e. The number of amides is 3. The van der Waals surface area contributed by atoms with E-state index in [9.17, 15) is 32.0 Å². The van der Waals surface area contributed by atoms with Crippen LogP contribution in [0, 0.1) is 17.6 Å². The van der Waals surface area contributed by atoms with Crippen LogP contribution in [0.15, 0.2) is 73.1 Å². The van der Waals surface area contributed by atoms with Gasteiger partial charge in [0.05, 0.1) is 11.3 Å². The lowest BCUT2D eigenvalue weighted by atomic mass is 9.78.